The zero-order chi connectivity index (χ0) is 11.8. The molecule has 0 aliphatic heterocycles. The maximum atomic E-state index is 10.9. The molecule has 0 atom stereocenters. The van der Waals surface area contributed by atoms with Gasteiger partial charge in [0.15, 0.2) is 0 Å². The van der Waals surface area contributed by atoms with E-state index in [4.69, 9.17) is 4.74 Å². The number of carbonyl (C=O) groups excluding carboxylic acids is 2. The highest BCUT2D eigenvalue weighted by atomic mass is 16.5. The highest BCUT2D eigenvalue weighted by Crippen LogP contribution is 2.07. The van der Waals surface area contributed by atoms with Crippen LogP contribution in [0.3, 0.4) is 0 Å². The van der Waals surface area contributed by atoms with E-state index in [1.54, 1.807) is 0 Å². The van der Waals surface area contributed by atoms with Crippen LogP contribution in [0.5, 0.6) is 5.75 Å². The molecule has 0 radical (unpaired) electrons. The van der Waals surface area contributed by atoms with E-state index < -0.39 is 11.9 Å². The molecule has 0 bridgehead atoms. The maximum absolute atomic E-state index is 10.9. The Balaban J connectivity index is 2.17. The van der Waals surface area contributed by atoms with E-state index in [-0.39, 0.29) is 6.54 Å². The topological polar surface area (TPSA) is 64.6 Å². The van der Waals surface area contributed by atoms with Gasteiger partial charge in [-0.25, -0.2) is 4.79 Å². The summed E-state index contributed by atoms with van der Waals surface area (Å²) in [6, 6.07) is 9.20. The van der Waals surface area contributed by atoms with Gasteiger partial charge in [-0.2, -0.15) is 0 Å². The van der Waals surface area contributed by atoms with Crippen LogP contribution in [-0.2, 0) is 14.3 Å². The summed E-state index contributed by atoms with van der Waals surface area (Å²) in [5.74, 6) is -0.950. The Kier molecular flexibility index (Phi) is 4.85. The molecule has 1 amide bonds. The van der Waals surface area contributed by atoms with Gasteiger partial charge >= 0.3 is 11.9 Å². The number of carbonyl (C=O) groups is 2. The average molecular weight is 223 g/mol. The van der Waals surface area contributed by atoms with Crippen LogP contribution in [0.15, 0.2) is 30.3 Å². The highest BCUT2D eigenvalue weighted by Gasteiger charge is 2.11. The van der Waals surface area contributed by atoms with Crippen molar-refractivity contribution in [1.29, 1.82) is 0 Å². The van der Waals surface area contributed by atoms with Crippen LogP contribution < -0.4 is 10.1 Å². The summed E-state index contributed by atoms with van der Waals surface area (Å²) >= 11 is 0. The van der Waals surface area contributed by atoms with E-state index in [9.17, 15) is 9.59 Å². The molecule has 5 heteroatoms. The van der Waals surface area contributed by atoms with Crippen LogP contribution in [0, 0.1) is 0 Å². The third kappa shape index (κ3) is 4.00. The van der Waals surface area contributed by atoms with Gasteiger partial charge in [0, 0.05) is 0 Å². The summed E-state index contributed by atoms with van der Waals surface area (Å²) < 4.78 is 9.54. The summed E-state index contributed by atoms with van der Waals surface area (Å²) in [4.78, 5) is 21.6. The summed E-state index contributed by atoms with van der Waals surface area (Å²) in [5, 5.41) is 2.37. The molecule has 0 aliphatic rings. The summed E-state index contributed by atoms with van der Waals surface area (Å²) in [5.41, 5.74) is 0. The number of para-hydroxylation sites is 1. The average Bonchev–Trinajstić information content (AvgIpc) is 2.34. The van der Waals surface area contributed by atoms with Crippen molar-refractivity contribution in [2.24, 2.45) is 0 Å². The molecule has 0 saturated heterocycles. The Labute approximate surface area is 93.4 Å². The van der Waals surface area contributed by atoms with Gasteiger partial charge in [0.05, 0.1) is 13.7 Å². The van der Waals surface area contributed by atoms with Gasteiger partial charge in [0.2, 0.25) is 0 Å². The molecule has 0 aliphatic carbocycles. The van der Waals surface area contributed by atoms with Gasteiger partial charge in [-0.3, -0.25) is 4.79 Å². The van der Waals surface area contributed by atoms with Crippen molar-refractivity contribution < 1.29 is 19.1 Å². The third-order valence-electron chi connectivity index (χ3n) is 1.77. The summed E-state index contributed by atoms with van der Waals surface area (Å²) in [6.45, 7) is 0.551. The number of esters is 1. The lowest BCUT2D eigenvalue weighted by Crippen LogP contribution is -2.34. The lowest BCUT2D eigenvalue weighted by atomic mass is 10.3. The molecule has 0 fully saturated rings. The molecule has 1 N–H and O–H groups in total. The SMILES string of the molecule is COC(=O)C(=O)NCCOc1ccccc1. The Morgan fingerprint density at radius 3 is 2.56 bits per heavy atom. The minimum atomic E-state index is -0.903. The molecule has 0 heterocycles. The molecule has 1 aromatic carbocycles. The van der Waals surface area contributed by atoms with Crippen molar-refractivity contribution >= 4 is 11.9 Å². The van der Waals surface area contributed by atoms with Crippen molar-refractivity contribution in [3.63, 3.8) is 0 Å². The lowest BCUT2D eigenvalue weighted by Gasteiger charge is -2.06. The van der Waals surface area contributed by atoms with Crippen LogP contribution in [0.25, 0.3) is 0 Å². The number of methoxy groups -OCH3 is 1. The van der Waals surface area contributed by atoms with Crippen molar-refractivity contribution in [1.82, 2.24) is 5.32 Å². The van der Waals surface area contributed by atoms with Crippen molar-refractivity contribution in [2.45, 2.75) is 0 Å². The molecule has 1 aromatic rings. The van der Waals surface area contributed by atoms with Crippen molar-refractivity contribution in [3.05, 3.63) is 30.3 Å². The molecular formula is C11H13NO4. The van der Waals surface area contributed by atoms with E-state index in [1.807, 2.05) is 30.3 Å². The van der Waals surface area contributed by atoms with Crippen LogP contribution in [-0.4, -0.2) is 32.1 Å². The first kappa shape index (κ1) is 12.0. The molecule has 0 spiro atoms. The van der Waals surface area contributed by atoms with Crippen LogP contribution in [0.4, 0.5) is 0 Å². The molecule has 0 aromatic heterocycles. The number of hydrogen-bond acceptors (Lipinski definition) is 4. The van der Waals surface area contributed by atoms with E-state index in [2.05, 4.69) is 10.1 Å². The van der Waals surface area contributed by atoms with Crippen molar-refractivity contribution in [3.8, 4) is 5.75 Å². The zero-order valence-electron chi connectivity index (χ0n) is 8.93. The van der Waals surface area contributed by atoms with Gasteiger partial charge in [-0.15, -0.1) is 0 Å². The Morgan fingerprint density at radius 1 is 1.25 bits per heavy atom. The smallest absolute Gasteiger partial charge is 0.396 e. The number of nitrogens with one attached hydrogen (secondary N) is 1. The first-order chi connectivity index (χ1) is 7.74. The fraction of sp³-hybridized carbons (Fsp3) is 0.273. The van der Waals surface area contributed by atoms with Gasteiger partial charge in [0.25, 0.3) is 0 Å². The Bertz CT molecular complexity index is 350. The fourth-order valence-electron chi connectivity index (χ4n) is 1.02. The Hall–Kier alpha value is -2.04. The highest BCUT2D eigenvalue weighted by molar-refractivity contribution is 6.32. The zero-order valence-corrected chi connectivity index (χ0v) is 8.93. The molecule has 5 nitrogen and oxygen atoms in total. The van der Waals surface area contributed by atoms with Crippen molar-refractivity contribution in [2.75, 3.05) is 20.3 Å². The minimum Gasteiger partial charge on any atom is -0.492 e. The van der Waals surface area contributed by atoms with Gasteiger partial charge in [-0.1, -0.05) is 18.2 Å². The third-order valence-corrected chi connectivity index (χ3v) is 1.77. The fourth-order valence-corrected chi connectivity index (χ4v) is 1.02. The number of amides is 1. The molecular weight excluding hydrogens is 210 g/mol. The van der Waals surface area contributed by atoms with Crippen LogP contribution in [0.1, 0.15) is 0 Å². The van der Waals surface area contributed by atoms with Crippen LogP contribution >= 0.6 is 0 Å². The molecule has 1 rings (SSSR count). The normalized spacial score (nSPS) is 9.31. The maximum Gasteiger partial charge on any atom is 0.396 e. The monoisotopic (exact) mass is 223 g/mol. The number of ether oxygens (including phenoxy) is 2. The number of rotatable bonds is 4. The van der Waals surface area contributed by atoms with Gasteiger partial charge in [-0.05, 0) is 12.1 Å². The predicted molar refractivity (Wildman–Crippen MR) is 57.0 cm³/mol. The van der Waals surface area contributed by atoms with E-state index in [0.29, 0.717) is 6.61 Å². The molecule has 0 saturated carbocycles. The van der Waals surface area contributed by atoms with E-state index >= 15 is 0 Å². The molecule has 0 unspecified atom stereocenters. The van der Waals surface area contributed by atoms with Gasteiger partial charge in [0.1, 0.15) is 12.4 Å². The quantitative estimate of drug-likeness (QED) is 0.454. The summed E-state index contributed by atoms with van der Waals surface area (Å²) in [6.07, 6.45) is 0. The second kappa shape index (κ2) is 6.44. The standard InChI is InChI=1S/C11H13NO4/c1-15-11(14)10(13)12-7-8-16-9-5-3-2-4-6-9/h2-6H,7-8H2,1H3,(H,12,13). The van der Waals surface area contributed by atoms with E-state index in [0.717, 1.165) is 12.9 Å². The lowest BCUT2D eigenvalue weighted by molar-refractivity contribution is -0.152. The molecule has 86 valence electrons. The largest absolute Gasteiger partial charge is 0.492 e. The first-order valence-electron chi connectivity index (χ1n) is 4.78. The number of benzene rings is 1. The second-order valence-electron chi connectivity index (χ2n) is 2.91. The van der Waals surface area contributed by atoms with E-state index in [1.165, 1.54) is 0 Å². The second-order valence-corrected chi connectivity index (χ2v) is 2.91. The number of hydrogen-bond donors (Lipinski definition) is 1. The van der Waals surface area contributed by atoms with Gasteiger partial charge < -0.3 is 14.8 Å². The van der Waals surface area contributed by atoms with Crippen LogP contribution in [0.2, 0.25) is 0 Å². The summed E-state index contributed by atoms with van der Waals surface area (Å²) in [7, 11) is 1.16. The first-order valence-corrected chi connectivity index (χ1v) is 4.78. The minimum absolute atomic E-state index is 0.253. The predicted octanol–water partition coefficient (Wildman–Crippen LogP) is 0.355. The molecule has 16 heavy (non-hydrogen) atoms. The Morgan fingerprint density at radius 2 is 1.94 bits per heavy atom.